The maximum absolute atomic E-state index is 13.9. The number of pyridine rings is 1. The molecule has 2 aromatic heterocycles. The summed E-state index contributed by atoms with van der Waals surface area (Å²) in [5.74, 6) is 0.217. The van der Waals surface area contributed by atoms with E-state index in [0.29, 0.717) is 33.9 Å². The van der Waals surface area contributed by atoms with Gasteiger partial charge in [-0.25, -0.2) is 9.37 Å². The van der Waals surface area contributed by atoms with Gasteiger partial charge < -0.3 is 5.73 Å². The highest BCUT2D eigenvalue weighted by Gasteiger charge is 2.12. The number of carbonyl (C=O) groups excluding carboxylic acids is 1. The summed E-state index contributed by atoms with van der Waals surface area (Å²) >= 11 is 1.36. The first-order chi connectivity index (χ1) is 10.5. The molecule has 0 unspecified atom stereocenters. The van der Waals surface area contributed by atoms with Crippen LogP contribution in [0.25, 0.3) is 11.2 Å². The third-order valence-electron chi connectivity index (χ3n) is 3.11. The van der Waals surface area contributed by atoms with Gasteiger partial charge in [-0.2, -0.15) is 10.3 Å². The van der Waals surface area contributed by atoms with Crippen LogP contribution in [0.1, 0.15) is 22.8 Å². The summed E-state index contributed by atoms with van der Waals surface area (Å²) in [5.41, 5.74) is 7.66. The quantitative estimate of drug-likeness (QED) is 0.567. The van der Waals surface area contributed by atoms with E-state index >= 15 is 0 Å². The molecule has 1 aromatic carbocycles. The third kappa shape index (κ3) is 2.77. The van der Waals surface area contributed by atoms with Gasteiger partial charge in [-0.15, -0.1) is 16.9 Å². The van der Waals surface area contributed by atoms with Crippen LogP contribution in [-0.2, 0) is 5.75 Å². The highest BCUT2D eigenvalue weighted by molar-refractivity contribution is 7.98. The molecule has 3 N–H and O–H groups in total. The van der Waals surface area contributed by atoms with Crippen molar-refractivity contribution in [2.45, 2.75) is 17.6 Å². The number of benzene rings is 1. The van der Waals surface area contributed by atoms with Crippen molar-refractivity contribution in [3.8, 4) is 0 Å². The fraction of sp³-hybridized carbons (Fsp3) is 0.143. The molecule has 3 rings (SSSR count). The number of Topliss-reactive ketones (excluding diaryl/α,β-unsaturated/α-hetero) is 1. The van der Waals surface area contributed by atoms with E-state index in [1.54, 1.807) is 12.1 Å². The molecular formula is C14H12FN5OS. The molecule has 0 aliphatic carbocycles. The molecule has 6 nitrogen and oxygen atoms in total. The summed E-state index contributed by atoms with van der Waals surface area (Å²) in [7, 11) is 0. The van der Waals surface area contributed by atoms with Gasteiger partial charge in [-0.05, 0) is 36.8 Å². The van der Waals surface area contributed by atoms with E-state index < -0.39 is 0 Å². The smallest absolute Gasteiger partial charge is 0.204 e. The molecular weight excluding hydrogens is 305 g/mol. The number of nitrogen functional groups attached to an aromatic ring is 1. The molecule has 0 fully saturated rings. The van der Waals surface area contributed by atoms with Crippen molar-refractivity contribution in [2.75, 3.05) is 5.73 Å². The van der Waals surface area contributed by atoms with Gasteiger partial charge in [0.15, 0.2) is 5.78 Å². The number of thioether (sulfide) groups is 1. The molecule has 0 atom stereocenters. The lowest BCUT2D eigenvalue weighted by Crippen LogP contribution is -1.97. The molecule has 0 amide bonds. The van der Waals surface area contributed by atoms with Crippen molar-refractivity contribution >= 4 is 34.5 Å². The van der Waals surface area contributed by atoms with Gasteiger partial charge in [0.05, 0.1) is 0 Å². The molecule has 0 bridgehead atoms. The van der Waals surface area contributed by atoms with Crippen molar-refractivity contribution in [1.29, 1.82) is 0 Å². The van der Waals surface area contributed by atoms with Gasteiger partial charge in [-0.3, -0.25) is 4.79 Å². The molecule has 0 aliphatic rings. The van der Waals surface area contributed by atoms with Crippen LogP contribution in [0.5, 0.6) is 0 Å². The number of H-pyrrole nitrogens is 1. The zero-order chi connectivity index (χ0) is 15.7. The Kier molecular flexibility index (Phi) is 3.76. The van der Waals surface area contributed by atoms with Crippen LogP contribution in [0.2, 0.25) is 0 Å². The predicted molar refractivity (Wildman–Crippen MR) is 82.1 cm³/mol. The Morgan fingerprint density at radius 3 is 2.95 bits per heavy atom. The molecule has 0 saturated heterocycles. The van der Waals surface area contributed by atoms with Crippen LogP contribution in [0.4, 0.5) is 10.2 Å². The lowest BCUT2D eigenvalue weighted by Gasteiger charge is -2.06. The number of rotatable bonds is 4. The first-order valence-corrected chi connectivity index (χ1v) is 7.42. The van der Waals surface area contributed by atoms with Gasteiger partial charge in [0.25, 0.3) is 0 Å². The minimum atomic E-state index is -0.351. The number of fused-ring (bicyclic) bond motifs is 1. The number of anilines is 1. The Morgan fingerprint density at radius 2 is 2.18 bits per heavy atom. The van der Waals surface area contributed by atoms with Crippen LogP contribution in [0.3, 0.4) is 0 Å². The topological polar surface area (TPSA) is 97.5 Å². The summed E-state index contributed by atoms with van der Waals surface area (Å²) in [6, 6.07) is 6.02. The number of nitrogens with one attached hydrogen (secondary N) is 1. The molecule has 0 saturated carbocycles. The van der Waals surface area contributed by atoms with Gasteiger partial charge in [-0.1, -0.05) is 0 Å². The van der Waals surface area contributed by atoms with E-state index in [4.69, 9.17) is 5.73 Å². The van der Waals surface area contributed by atoms with Crippen LogP contribution >= 0.6 is 11.8 Å². The van der Waals surface area contributed by atoms with Crippen molar-refractivity contribution in [1.82, 2.24) is 20.4 Å². The molecule has 0 radical (unpaired) electrons. The normalized spacial score (nSPS) is 11.0. The molecule has 0 spiro atoms. The van der Waals surface area contributed by atoms with Crippen molar-refractivity contribution in [3.05, 3.63) is 41.2 Å². The Balaban J connectivity index is 1.89. The monoisotopic (exact) mass is 317 g/mol. The Labute approximate surface area is 129 Å². The number of aromatic nitrogens is 4. The Bertz CT molecular complexity index is 864. The zero-order valence-corrected chi connectivity index (χ0v) is 12.4. The largest absolute Gasteiger partial charge is 0.384 e. The first-order valence-electron chi connectivity index (χ1n) is 6.44. The first kappa shape index (κ1) is 14.5. The molecule has 22 heavy (non-hydrogen) atoms. The van der Waals surface area contributed by atoms with Crippen LogP contribution < -0.4 is 5.73 Å². The number of hydrogen-bond acceptors (Lipinski definition) is 6. The number of hydrogen-bond donors (Lipinski definition) is 2. The van der Waals surface area contributed by atoms with Crippen LogP contribution in [-0.4, -0.2) is 26.2 Å². The van der Waals surface area contributed by atoms with E-state index in [2.05, 4.69) is 20.4 Å². The Morgan fingerprint density at radius 1 is 1.36 bits per heavy atom. The molecule has 3 aromatic rings. The van der Waals surface area contributed by atoms with Crippen LogP contribution in [0, 0.1) is 5.82 Å². The molecule has 112 valence electrons. The molecule has 8 heteroatoms. The number of nitrogens with two attached hydrogens (primary N) is 1. The molecule has 2 heterocycles. The van der Waals surface area contributed by atoms with Crippen molar-refractivity contribution in [3.63, 3.8) is 0 Å². The second-order valence-electron chi connectivity index (χ2n) is 4.69. The average Bonchev–Trinajstić information content (AvgIpc) is 2.94. The third-order valence-corrected chi connectivity index (χ3v) is 4.19. The fourth-order valence-corrected chi connectivity index (χ4v) is 3.01. The van der Waals surface area contributed by atoms with E-state index in [9.17, 15) is 9.18 Å². The van der Waals surface area contributed by atoms with Gasteiger partial charge in [0, 0.05) is 16.2 Å². The standard InChI is InChI=1S/C14H12FN5OS/c1-7(21)8-2-3-10(15)9(4-8)6-22-11-5-12(16)17-14-13(11)18-20-19-14/h2-5H,6H2,1H3,(H3,16,17,18,19,20). The fourth-order valence-electron chi connectivity index (χ4n) is 2.00. The summed E-state index contributed by atoms with van der Waals surface area (Å²) in [6.45, 7) is 1.45. The lowest BCUT2D eigenvalue weighted by atomic mass is 10.1. The Hall–Kier alpha value is -2.48. The number of carbonyl (C=O) groups is 1. The minimum Gasteiger partial charge on any atom is -0.384 e. The maximum atomic E-state index is 13.9. The number of aromatic amines is 1. The van der Waals surface area contributed by atoms with Gasteiger partial charge >= 0.3 is 0 Å². The summed E-state index contributed by atoms with van der Waals surface area (Å²) < 4.78 is 13.9. The number of ketones is 1. The second-order valence-corrected chi connectivity index (χ2v) is 5.71. The van der Waals surface area contributed by atoms with E-state index in [0.717, 1.165) is 4.90 Å². The van der Waals surface area contributed by atoms with Gasteiger partial charge in [0.1, 0.15) is 17.2 Å². The highest BCUT2D eigenvalue weighted by Crippen LogP contribution is 2.30. The second kappa shape index (κ2) is 5.72. The van der Waals surface area contributed by atoms with E-state index in [1.807, 2.05) is 0 Å². The zero-order valence-electron chi connectivity index (χ0n) is 11.6. The maximum Gasteiger partial charge on any atom is 0.204 e. The summed E-state index contributed by atoms with van der Waals surface area (Å²) in [4.78, 5) is 16.2. The summed E-state index contributed by atoms with van der Waals surface area (Å²) in [5, 5.41) is 10.4. The van der Waals surface area contributed by atoms with Crippen LogP contribution in [0.15, 0.2) is 29.2 Å². The van der Waals surface area contributed by atoms with Crippen molar-refractivity contribution in [2.24, 2.45) is 0 Å². The minimum absolute atomic E-state index is 0.0988. The number of halogens is 1. The van der Waals surface area contributed by atoms with Gasteiger partial charge in [0.2, 0.25) is 5.65 Å². The molecule has 0 aliphatic heterocycles. The van der Waals surface area contributed by atoms with Crippen molar-refractivity contribution < 1.29 is 9.18 Å². The SMILES string of the molecule is CC(=O)c1ccc(F)c(CSc2cc(N)nc3n[nH]nc23)c1. The average molecular weight is 317 g/mol. The van der Waals surface area contributed by atoms with E-state index in [1.165, 1.54) is 30.8 Å². The predicted octanol–water partition coefficient (Wildman–Crippen LogP) is 2.57. The number of nitrogens with zero attached hydrogens (tertiary/aromatic N) is 3. The summed E-state index contributed by atoms with van der Waals surface area (Å²) in [6.07, 6.45) is 0. The lowest BCUT2D eigenvalue weighted by molar-refractivity contribution is 0.101. The van der Waals surface area contributed by atoms with E-state index in [-0.39, 0.29) is 11.6 Å². The highest BCUT2D eigenvalue weighted by atomic mass is 32.2.